The summed E-state index contributed by atoms with van der Waals surface area (Å²) in [4.78, 5) is 21.3. The zero-order valence-electron chi connectivity index (χ0n) is 16.1. The zero-order chi connectivity index (χ0) is 21.1. The summed E-state index contributed by atoms with van der Waals surface area (Å²) in [6, 6.07) is 11.2. The summed E-state index contributed by atoms with van der Waals surface area (Å²) in [5, 5.41) is 5.03. The van der Waals surface area contributed by atoms with Gasteiger partial charge in [0.25, 0.3) is 5.91 Å². The Hall–Kier alpha value is -3.72. The second kappa shape index (κ2) is 8.34. The number of hydrogen-bond acceptors (Lipinski definition) is 6. The monoisotopic (exact) mass is 424 g/mol. The Morgan fingerprint density at radius 1 is 1.13 bits per heavy atom. The van der Waals surface area contributed by atoms with E-state index in [2.05, 4.69) is 15.3 Å². The highest BCUT2D eigenvalue weighted by Gasteiger charge is 2.17. The topological polar surface area (TPSA) is 78.3 Å². The van der Waals surface area contributed by atoms with Crippen molar-refractivity contribution in [3.8, 4) is 28.4 Å². The zero-order valence-corrected chi connectivity index (χ0v) is 16.9. The van der Waals surface area contributed by atoms with E-state index < -0.39 is 0 Å². The van der Waals surface area contributed by atoms with E-state index in [1.54, 1.807) is 43.1 Å². The average Bonchev–Trinajstić information content (AvgIpc) is 3.43. The van der Waals surface area contributed by atoms with Crippen LogP contribution in [0.25, 0.3) is 16.9 Å². The number of ether oxygens (including phenoxy) is 2. The van der Waals surface area contributed by atoms with Gasteiger partial charge in [0.05, 0.1) is 32.4 Å². The quantitative estimate of drug-likeness (QED) is 0.496. The fraction of sp³-hybridized carbons (Fsp3) is 0.0952. The maximum atomic E-state index is 13.2. The number of benzene rings is 2. The number of methoxy groups -OCH3 is 2. The number of amides is 1. The molecule has 4 rings (SSSR count). The minimum atomic E-state index is -0.379. The molecule has 1 amide bonds. The van der Waals surface area contributed by atoms with Crippen LogP contribution >= 0.6 is 11.3 Å². The van der Waals surface area contributed by atoms with E-state index in [9.17, 15) is 9.18 Å². The van der Waals surface area contributed by atoms with Crippen LogP contribution in [0.1, 0.15) is 10.5 Å². The van der Waals surface area contributed by atoms with E-state index in [1.807, 2.05) is 11.4 Å². The van der Waals surface area contributed by atoms with Gasteiger partial charge in [-0.05, 0) is 42.5 Å². The maximum absolute atomic E-state index is 13.2. The van der Waals surface area contributed by atoms with Crippen LogP contribution < -0.4 is 14.8 Å². The largest absolute Gasteiger partial charge is 0.497 e. The van der Waals surface area contributed by atoms with Gasteiger partial charge in [0.15, 0.2) is 5.13 Å². The van der Waals surface area contributed by atoms with Crippen LogP contribution in [0, 0.1) is 5.82 Å². The van der Waals surface area contributed by atoms with Crippen molar-refractivity contribution in [2.45, 2.75) is 0 Å². The van der Waals surface area contributed by atoms with Crippen LogP contribution in [0.2, 0.25) is 0 Å². The molecule has 0 atom stereocenters. The number of thiazole rings is 1. The third-order valence-electron chi connectivity index (χ3n) is 4.38. The molecular formula is C21H17FN4O3S. The van der Waals surface area contributed by atoms with Gasteiger partial charge in [-0.3, -0.25) is 14.7 Å². The molecule has 0 saturated heterocycles. The van der Waals surface area contributed by atoms with Crippen molar-refractivity contribution in [1.82, 2.24) is 14.5 Å². The number of imidazole rings is 1. The molecule has 2 aromatic carbocycles. The lowest BCUT2D eigenvalue weighted by atomic mass is 10.1. The highest BCUT2D eigenvalue weighted by atomic mass is 32.1. The first-order valence-corrected chi connectivity index (χ1v) is 9.74. The minimum absolute atomic E-state index is 0.303. The molecule has 30 heavy (non-hydrogen) atoms. The van der Waals surface area contributed by atoms with Crippen molar-refractivity contribution in [3.05, 3.63) is 71.9 Å². The van der Waals surface area contributed by atoms with Crippen molar-refractivity contribution in [2.24, 2.45) is 0 Å². The molecule has 1 N–H and O–H groups in total. The van der Waals surface area contributed by atoms with Crippen LogP contribution in [0.4, 0.5) is 9.52 Å². The predicted octanol–water partition coefficient (Wildman–Crippen LogP) is 4.40. The fourth-order valence-electron chi connectivity index (χ4n) is 2.90. The van der Waals surface area contributed by atoms with Gasteiger partial charge in [-0.1, -0.05) is 0 Å². The van der Waals surface area contributed by atoms with E-state index >= 15 is 0 Å². The molecule has 0 spiro atoms. The van der Waals surface area contributed by atoms with Crippen LogP contribution in [-0.2, 0) is 0 Å². The van der Waals surface area contributed by atoms with Crippen LogP contribution in [0.15, 0.2) is 60.4 Å². The highest BCUT2D eigenvalue weighted by molar-refractivity contribution is 7.14. The summed E-state index contributed by atoms with van der Waals surface area (Å²) in [7, 11) is 3.17. The molecule has 0 aliphatic heterocycles. The van der Waals surface area contributed by atoms with Crippen molar-refractivity contribution in [3.63, 3.8) is 0 Å². The summed E-state index contributed by atoms with van der Waals surface area (Å²) in [5.41, 5.74) is 2.33. The highest BCUT2D eigenvalue weighted by Crippen LogP contribution is 2.35. The first-order chi connectivity index (χ1) is 14.6. The Morgan fingerprint density at radius 2 is 1.93 bits per heavy atom. The SMILES string of the molecule is COc1ccc(OC)c(-c2csc(NC(=O)c3cncn3-c3ccc(F)cc3)n2)c1. The van der Waals surface area contributed by atoms with Gasteiger partial charge in [0.2, 0.25) is 0 Å². The lowest BCUT2D eigenvalue weighted by Gasteiger charge is -2.09. The van der Waals surface area contributed by atoms with E-state index in [0.29, 0.717) is 33.7 Å². The third kappa shape index (κ3) is 3.87. The second-order valence-electron chi connectivity index (χ2n) is 6.18. The molecule has 9 heteroatoms. The van der Waals surface area contributed by atoms with Gasteiger partial charge in [0, 0.05) is 16.6 Å². The fourth-order valence-corrected chi connectivity index (χ4v) is 3.61. The minimum Gasteiger partial charge on any atom is -0.497 e. The molecule has 0 aliphatic carbocycles. The molecule has 0 bridgehead atoms. The molecule has 2 aromatic heterocycles. The predicted molar refractivity (Wildman–Crippen MR) is 112 cm³/mol. The van der Waals surface area contributed by atoms with Crippen molar-refractivity contribution in [2.75, 3.05) is 19.5 Å². The summed E-state index contributed by atoms with van der Waals surface area (Å²) in [5.74, 6) is 0.587. The van der Waals surface area contributed by atoms with Gasteiger partial charge in [-0.2, -0.15) is 0 Å². The van der Waals surface area contributed by atoms with Crippen LogP contribution in [0.5, 0.6) is 11.5 Å². The number of carbonyl (C=O) groups excluding carboxylic acids is 1. The third-order valence-corrected chi connectivity index (χ3v) is 5.14. The second-order valence-corrected chi connectivity index (χ2v) is 7.04. The van der Waals surface area contributed by atoms with Gasteiger partial charge >= 0.3 is 0 Å². The van der Waals surface area contributed by atoms with E-state index in [0.717, 1.165) is 5.56 Å². The van der Waals surface area contributed by atoms with Gasteiger partial charge in [0.1, 0.15) is 23.0 Å². The lowest BCUT2D eigenvalue weighted by Crippen LogP contribution is -2.16. The van der Waals surface area contributed by atoms with Gasteiger partial charge < -0.3 is 9.47 Å². The van der Waals surface area contributed by atoms with Gasteiger partial charge in [-0.25, -0.2) is 14.4 Å². The Kier molecular flexibility index (Phi) is 5.44. The number of nitrogens with zero attached hydrogens (tertiary/aromatic N) is 3. The molecule has 152 valence electrons. The molecule has 4 aromatic rings. The summed E-state index contributed by atoms with van der Waals surface area (Å²) < 4.78 is 25.4. The van der Waals surface area contributed by atoms with E-state index in [4.69, 9.17) is 9.47 Å². The number of rotatable bonds is 6. The van der Waals surface area contributed by atoms with E-state index in [-0.39, 0.29) is 11.7 Å². The first-order valence-electron chi connectivity index (χ1n) is 8.86. The lowest BCUT2D eigenvalue weighted by molar-refractivity contribution is 0.102. The molecule has 7 nitrogen and oxygen atoms in total. The normalized spacial score (nSPS) is 10.6. The molecular weight excluding hydrogens is 407 g/mol. The van der Waals surface area contributed by atoms with Crippen LogP contribution in [-0.4, -0.2) is 34.7 Å². The number of aromatic nitrogens is 3. The Morgan fingerprint density at radius 3 is 2.67 bits per heavy atom. The standard InChI is InChI=1S/C21H17FN4O3S/c1-28-15-7-8-19(29-2)16(9-15)17-11-30-21(24-17)25-20(27)18-10-23-12-26(18)14-5-3-13(22)4-6-14/h3-12H,1-2H3,(H,24,25,27). The molecule has 0 aliphatic rings. The summed E-state index contributed by atoms with van der Waals surface area (Å²) >= 11 is 1.29. The Labute approximate surface area is 175 Å². The molecule has 2 heterocycles. The van der Waals surface area contributed by atoms with Crippen LogP contribution in [0.3, 0.4) is 0 Å². The number of hydrogen-bond donors (Lipinski definition) is 1. The Balaban J connectivity index is 1.58. The molecule has 0 unspecified atom stereocenters. The molecule has 0 fully saturated rings. The van der Waals surface area contributed by atoms with Crippen molar-refractivity contribution < 1.29 is 18.7 Å². The van der Waals surface area contributed by atoms with E-state index in [1.165, 1.54) is 36.0 Å². The average molecular weight is 424 g/mol. The Bertz CT molecular complexity index is 1190. The first kappa shape index (κ1) is 19.6. The number of carbonyl (C=O) groups is 1. The van der Waals surface area contributed by atoms with Gasteiger partial charge in [-0.15, -0.1) is 11.3 Å². The maximum Gasteiger partial charge on any atom is 0.276 e. The number of anilines is 1. The number of nitrogens with one attached hydrogen (secondary N) is 1. The molecule has 0 radical (unpaired) electrons. The summed E-state index contributed by atoms with van der Waals surface area (Å²) in [6.07, 6.45) is 2.94. The smallest absolute Gasteiger partial charge is 0.276 e. The summed E-state index contributed by atoms with van der Waals surface area (Å²) in [6.45, 7) is 0. The van der Waals surface area contributed by atoms with Crippen molar-refractivity contribution >= 4 is 22.4 Å². The number of halogens is 1. The van der Waals surface area contributed by atoms with Crippen molar-refractivity contribution in [1.29, 1.82) is 0 Å². The molecule has 0 saturated carbocycles.